The number of aromatic amines is 1. The lowest BCUT2D eigenvalue weighted by Crippen LogP contribution is -2.40. The molecule has 0 bridgehead atoms. The molecular formula is C20H25N3O3. The first kappa shape index (κ1) is 18.4. The van der Waals surface area contributed by atoms with Crippen molar-refractivity contribution in [3.63, 3.8) is 0 Å². The second-order valence-corrected chi connectivity index (χ2v) is 6.94. The molecule has 138 valence electrons. The van der Waals surface area contributed by atoms with Gasteiger partial charge in [-0.25, -0.2) is 0 Å². The summed E-state index contributed by atoms with van der Waals surface area (Å²) in [7, 11) is 4.01. The quantitative estimate of drug-likeness (QED) is 0.906. The fraction of sp³-hybridized carbons (Fsp3) is 0.400. The molecule has 1 fully saturated rings. The normalized spacial score (nSPS) is 18.0. The van der Waals surface area contributed by atoms with Crippen molar-refractivity contribution in [1.82, 2.24) is 14.8 Å². The van der Waals surface area contributed by atoms with Crippen molar-refractivity contribution in [3.05, 3.63) is 58.4 Å². The number of aromatic nitrogens is 1. The highest BCUT2D eigenvalue weighted by Gasteiger charge is 2.25. The van der Waals surface area contributed by atoms with Crippen molar-refractivity contribution in [3.8, 4) is 11.3 Å². The van der Waals surface area contributed by atoms with Gasteiger partial charge in [0.25, 0.3) is 11.5 Å². The number of H-pyrrole nitrogens is 1. The number of hydrogen-bond donors (Lipinski definition) is 1. The van der Waals surface area contributed by atoms with E-state index in [-0.39, 0.29) is 22.9 Å². The van der Waals surface area contributed by atoms with Gasteiger partial charge in [0.05, 0.1) is 13.2 Å². The molecule has 0 spiro atoms. The van der Waals surface area contributed by atoms with Gasteiger partial charge in [-0.05, 0) is 31.8 Å². The number of benzene rings is 1. The third-order valence-corrected chi connectivity index (χ3v) is 4.47. The Hall–Kier alpha value is -2.44. The smallest absolute Gasteiger partial charge is 0.261 e. The number of carbonyl (C=O) groups excluding carboxylic acids is 1. The molecule has 1 amide bonds. The molecule has 1 atom stereocenters. The van der Waals surface area contributed by atoms with E-state index in [0.29, 0.717) is 32.0 Å². The lowest BCUT2D eigenvalue weighted by atomic mass is 10.1. The number of nitrogens with one attached hydrogen (secondary N) is 1. The molecule has 3 rings (SSSR count). The van der Waals surface area contributed by atoms with Crippen molar-refractivity contribution in [2.45, 2.75) is 0 Å². The van der Waals surface area contributed by atoms with Crippen molar-refractivity contribution >= 4 is 5.91 Å². The molecule has 2 aromatic rings. The molecule has 0 saturated carbocycles. The number of pyridine rings is 1. The largest absolute Gasteiger partial charge is 0.379 e. The van der Waals surface area contributed by atoms with E-state index in [1.165, 1.54) is 0 Å². The summed E-state index contributed by atoms with van der Waals surface area (Å²) in [6.45, 7) is 3.06. The number of nitrogens with zero attached hydrogens (tertiary/aromatic N) is 2. The standard InChI is InChI=1S/C20H25N3O3/c1-22(2)12-15-13-23(10-11-26-14-15)20(25)17-8-9-18(21-19(17)24)16-6-4-3-5-7-16/h3-9,15H,10-14H2,1-2H3,(H,21,24)/t15-/m0/s1. The zero-order valence-corrected chi connectivity index (χ0v) is 15.3. The summed E-state index contributed by atoms with van der Waals surface area (Å²) in [5, 5.41) is 0. The van der Waals surface area contributed by atoms with Gasteiger partial charge < -0.3 is 19.5 Å². The van der Waals surface area contributed by atoms with Crippen LogP contribution in [0.25, 0.3) is 11.3 Å². The van der Waals surface area contributed by atoms with Crippen molar-refractivity contribution in [2.24, 2.45) is 5.92 Å². The summed E-state index contributed by atoms with van der Waals surface area (Å²) >= 11 is 0. The summed E-state index contributed by atoms with van der Waals surface area (Å²) < 4.78 is 5.62. The third kappa shape index (κ3) is 4.39. The van der Waals surface area contributed by atoms with E-state index in [2.05, 4.69) is 9.88 Å². The molecular weight excluding hydrogens is 330 g/mol. The molecule has 6 heteroatoms. The van der Waals surface area contributed by atoms with Gasteiger partial charge in [0.1, 0.15) is 5.56 Å². The van der Waals surface area contributed by atoms with Gasteiger partial charge in [-0.1, -0.05) is 30.3 Å². The SMILES string of the molecule is CN(C)C[C@@H]1COCCN(C(=O)c2ccc(-c3ccccc3)[nH]c2=O)C1. The van der Waals surface area contributed by atoms with Crippen LogP contribution in [-0.4, -0.2) is 67.6 Å². The van der Waals surface area contributed by atoms with Gasteiger partial charge in [-0.2, -0.15) is 0 Å². The Morgan fingerprint density at radius 2 is 2.00 bits per heavy atom. The van der Waals surface area contributed by atoms with Crippen LogP contribution >= 0.6 is 0 Å². The average Bonchev–Trinajstić information content (AvgIpc) is 2.87. The second kappa shape index (κ2) is 8.29. The first-order valence-electron chi connectivity index (χ1n) is 8.85. The van der Waals surface area contributed by atoms with Crippen LogP contribution in [0.2, 0.25) is 0 Å². The van der Waals surface area contributed by atoms with Crippen LogP contribution in [0.4, 0.5) is 0 Å². The lowest BCUT2D eigenvalue weighted by molar-refractivity contribution is 0.0733. The summed E-state index contributed by atoms with van der Waals surface area (Å²) in [6.07, 6.45) is 0. The van der Waals surface area contributed by atoms with Crippen LogP contribution in [-0.2, 0) is 4.74 Å². The zero-order chi connectivity index (χ0) is 18.5. The lowest BCUT2D eigenvalue weighted by Gasteiger charge is -2.25. The van der Waals surface area contributed by atoms with Crippen molar-refractivity contribution in [1.29, 1.82) is 0 Å². The topological polar surface area (TPSA) is 65.6 Å². The van der Waals surface area contributed by atoms with E-state index in [1.807, 2.05) is 44.4 Å². The number of hydrogen-bond acceptors (Lipinski definition) is 4. The Morgan fingerprint density at radius 3 is 2.69 bits per heavy atom. The summed E-state index contributed by atoms with van der Waals surface area (Å²) in [5.41, 5.74) is 1.44. The van der Waals surface area contributed by atoms with E-state index >= 15 is 0 Å². The molecule has 1 N–H and O–H groups in total. The Kier molecular flexibility index (Phi) is 5.85. The van der Waals surface area contributed by atoms with Gasteiger partial charge in [0.2, 0.25) is 0 Å². The molecule has 0 unspecified atom stereocenters. The predicted molar refractivity (Wildman–Crippen MR) is 101 cm³/mol. The Bertz CT molecular complexity index is 801. The molecule has 6 nitrogen and oxygen atoms in total. The molecule has 1 saturated heterocycles. The van der Waals surface area contributed by atoms with Crippen LogP contribution in [0, 0.1) is 5.92 Å². The predicted octanol–water partition coefficient (Wildman–Crippen LogP) is 1.69. The van der Waals surface area contributed by atoms with E-state index < -0.39 is 0 Å². The van der Waals surface area contributed by atoms with Gasteiger partial charge in [0, 0.05) is 31.2 Å². The molecule has 1 aliphatic rings. The van der Waals surface area contributed by atoms with E-state index in [9.17, 15) is 9.59 Å². The molecule has 0 radical (unpaired) electrons. The maximum absolute atomic E-state index is 12.9. The molecule has 0 aliphatic carbocycles. The second-order valence-electron chi connectivity index (χ2n) is 6.94. The van der Waals surface area contributed by atoms with E-state index in [0.717, 1.165) is 12.1 Å². The minimum atomic E-state index is -0.356. The maximum atomic E-state index is 12.9. The van der Waals surface area contributed by atoms with Gasteiger partial charge >= 0.3 is 0 Å². The molecule has 26 heavy (non-hydrogen) atoms. The summed E-state index contributed by atoms with van der Waals surface area (Å²) in [4.78, 5) is 32.0. The van der Waals surface area contributed by atoms with Gasteiger partial charge in [-0.3, -0.25) is 9.59 Å². The summed E-state index contributed by atoms with van der Waals surface area (Å²) in [5.74, 6) is -0.000702. The molecule has 1 aliphatic heterocycles. The summed E-state index contributed by atoms with van der Waals surface area (Å²) in [6, 6.07) is 13.0. The average molecular weight is 355 g/mol. The molecule has 2 heterocycles. The fourth-order valence-electron chi connectivity index (χ4n) is 3.29. The number of carbonyl (C=O) groups is 1. The van der Waals surface area contributed by atoms with Crippen LogP contribution in [0.15, 0.2) is 47.3 Å². The maximum Gasteiger partial charge on any atom is 0.261 e. The van der Waals surface area contributed by atoms with Crippen LogP contribution < -0.4 is 5.56 Å². The van der Waals surface area contributed by atoms with E-state index in [4.69, 9.17) is 4.74 Å². The number of rotatable bonds is 4. The Balaban J connectivity index is 1.79. The van der Waals surface area contributed by atoms with Crippen molar-refractivity contribution < 1.29 is 9.53 Å². The Labute approximate surface area is 153 Å². The fourth-order valence-corrected chi connectivity index (χ4v) is 3.29. The molecule has 1 aromatic carbocycles. The number of ether oxygens (including phenoxy) is 1. The van der Waals surface area contributed by atoms with Crippen LogP contribution in [0.3, 0.4) is 0 Å². The zero-order valence-electron chi connectivity index (χ0n) is 15.3. The highest BCUT2D eigenvalue weighted by atomic mass is 16.5. The highest BCUT2D eigenvalue weighted by Crippen LogP contribution is 2.16. The van der Waals surface area contributed by atoms with E-state index in [1.54, 1.807) is 17.0 Å². The number of amides is 1. The van der Waals surface area contributed by atoms with Crippen LogP contribution in [0.5, 0.6) is 0 Å². The van der Waals surface area contributed by atoms with Gasteiger partial charge in [-0.15, -0.1) is 0 Å². The highest BCUT2D eigenvalue weighted by molar-refractivity contribution is 5.94. The van der Waals surface area contributed by atoms with Gasteiger partial charge in [0.15, 0.2) is 0 Å². The Morgan fingerprint density at radius 1 is 1.23 bits per heavy atom. The first-order valence-corrected chi connectivity index (χ1v) is 8.85. The third-order valence-electron chi connectivity index (χ3n) is 4.47. The van der Waals surface area contributed by atoms with Crippen LogP contribution in [0.1, 0.15) is 10.4 Å². The molecule has 1 aromatic heterocycles. The first-order chi connectivity index (χ1) is 12.5. The minimum absolute atomic E-state index is 0.176. The monoisotopic (exact) mass is 355 g/mol. The van der Waals surface area contributed by atoms with Crippen molar-refractivity contribution in [2.75, 3.05) is 46.9 Å². The minimum Gasteiger partial charge on any atom is -0.379 e.